The van der Waals surface area contributed by atoms with Gasteiger partial charge in [-0.2, -0.15) is 0 Å². The molecule has 0 aliphatic carbocycles. The second-order valence-corrected chi connectivity index (χ2v) is 7.15. The highest BCUT2D eigenvalue weighted by Crippen LogP contribution is 2.36. The van der Waals surface area contributed by atoms with Gasteiger partial charge in [-0.1, -0.05) is 48.0 Å². The van der Waals surface area contributed by atoms with Gasteiger partial charge in [-0.15, -0.1) is 0 Å². The van der Waals surface area contributed by atoms with Crippen molar-refractivity contribution in [3.8, 4) is 5.75 Å². The maximum Gasteiger partial charge on any atom is 0.314 e. The van der Waals surface area contributed by atoms with Gasteiger partial charge in [0.05, 0.1) is 5.41 Å². The van der Waals surface area contributed by atoms with Crippen LogP contribution in [0.1, 0.15) is 30.9 Å². The van der Waals surface area contributed by atoms with Gasteiger partial charge in [-0.3, -0.25) is 9.59 Å². The third-order valence-corrected chi connectivity index (χ3v) is 5.35. The van der Waals surface area contributed by atoms with Gasteiger partial charge in [0, 0.05) is 13.1 Å². The van der Waals surface area contributed by atoms with E-state index in [9.17, 15) is 14.7 Å². The summed E-state index contributed by atoms with van der Waals surface area (Å²) in [6, 6.07) is 16.9. The first kappa shape index (κ1) is 19.0. The number of nitrogens with zero attached hydrogens (tertiary/aromatic N) is 1. The molecule has 1 amide bonds. The van der Waals surface area contributed by atoms with E-state index in [4.69, 9.17) is 4.74 Å². The Morgan fingerprint density at radius 3 is 2.19 bits per heavy atom. The number of hydrogen-bond donors (Lipinski definition) is 1. The minimum Gasteiger partial charge on any atom is -0.481 e. The molecule has 1 unspecified atom stereocenters. The lowest BCUT2D eigenvalue weighted by Gasteiger charge is -2.40. The average molecular weight is 367 g/mol. The number of carbonyl (C=O) groups is 2. The number of ether oxygens (including phenoxy) is 1. The van der Waals surface area contributed by atoms with E-state index in [-0.39, 0.29) is 5.91 Å². The first-order chi connectivity index (χ1) is 12.9. The number of carboxylic acids is 1. The summed E-state index contributed by atoms with van der Waals surface area (Å²) in [7, 11) is 0. The van der Waals surface area contributed by atoms with Gasteiger partial charge >= 0.3 is 5.97 Å². The summed E-state index contributed by atoms with van der Waals surface area (Å²) in [6.07, 6.45) is 0.187. The molecular weight excluding hydrogens is 342 g/mol. The normalized spacial score (nSPS) is 17.2. The largest absolute Gasteiger partial charge is 0.481 e. The van der Waals surface area contributed by atoms with Crippen LogP contribution in [0.5, 0.6) is 5.75 Å². The Bertz CT molecular complexity index is 793. The van der Waals surface area contributed by atoms with E-state index >= 15 is 0 Å². The van der Waals surface area contributed by atoms with Crippen LogP contribution in [0, 0.1) is 6.92 Å². The number of amides is 1. The second kappa shape index (κ2) is 7.82. The quantitative estimate of drug-likeness (QED) is 0.879. The molecule has 2 aromatic carbocycles. The molecule has 1 fully saturated rings. The van der Waals surface area contributed by atoms with E-state index < -0.39 is 17.5 Å². The predicted octanol–water partition coefficient (Wildman–Crippen LogP) is 3.41. The van der Waals surface area contributed by atoms with Crippen LogP contribution in [0.4, 0.5) is 0 Å². The number of carboxylic acid groups (broad SMARTS) is 1. The van der Waals surface area contributed by atoms with Crippen molar-refractivity contribution in [1.82, 2.24) is 4.90 Å². The number of carbonyl (C=O) groups excluding carboxylic acids is 1. The highest BCUT2D eigenvalue weighted by Gasteiger charge is 2.44. The van der Waals surface area contributed by atoms with Gasteiger partial charge in [0.2, 0.25) is 0 Å². The minimum absolute atomic E-state index is 0.109. The molecule has 1 aliphatic rings. The Morgan fingerprint density at radius 1 is 1.04 bits per heavy atom. The van der Waals surface area contributed by atoms with Crippen molar-refractivity contribution in [3.05, 3.63) is 65.7 Å². The Morgan fingerprint density at radius 2 is 1.63 bits per heavy atom. The molecule has 5 heteroatoms. The van der Waals surface area contributed by atoms with Crippen molar-refractivity contribution in [2.75, 3.05) is 13.1 Å². The van der Waals surface area contributed by atoms with Crippen LogP contribution in [0.15, 0.2) is 54.6 Å². The molecule has 0 spiro atoms. The van der Waals surface area contributed by atoms with E-state index in [1.54, 1.807) is 11.8 Å². The molecule has 0 radical (unpaired) electrons. The van der Waals surface area contributed by atoms with Crippen molar-refractivity contribution in [3.63, 3.8) is 0 Å². The maximum absolute atomic E-state index is 12.7. The van der Waals surface area contributed by atoms with Crippen molar-refractivity contribution >= 4 is 11.9 Å². The molecule has 0 aromatic heterocycles. The smallest absolute Gasteiger partial charge is 0.314 e. The number of likely N-dealkylation sites (tertiary alicyclic amines) is 1. The number of piperidine rings is 1. The van der Waals surface area contributed by atoms with Gasteiger partial charge in [0.1, 0.15) is 5.75 Å². The molecule has 2 aromatic rings. The monoisotopic (exact) mass is 367 g/mol. The van der Waals surface area contributed by atoms with Gasteiger partial charge in [-0.25, -0.2) is 0 Å². The van der Waals surface area contributed by atoms with Crippen LogP contribution in [-0.4, -0.2) is 41.1 Å². The Kier molecular flexibility index (Phi) is 5.49. The van der Waals surface area contributed by atoms with Crippen LogP contribution in [-0.2, 0) is 15.0 Å². The van der Waals surface area contributed by atoms with Gasteiger partial charge < -0.3 is 14.7 Å². The zero-order valence-corrected chi connectivity index (χ0v) is 15.7. The molecular formula is C22H25NO4. The molecule has 1 N–H and O–H groups in total. The fourth-order valence-corrected chi connectivity index (χ4v) is 3.62. The van der Waals surface area contributed by atoms with Crippen molar-refractivity contribution in [1.29, 1.82) is 0 Å². The lowest BCUT2D eigenvalue weighted by atomic mass is 9.73. The maximum atomic E-state index is 12.7. The summed E-state index contributed by atoms with van der Waals surface area (Å²) < 4.78 is 5.76. The highest BCUT2D eigenvalue weighted by molar-refractivity contribution is 5.84. The Hall–Kier alpha value is -2.82. The summed E-state index contributed by atoms with van der Waals surface area (Å²) in [5.74, 6) is -0.282. The number of aliphatic carboxylic acids is 1. The van der Waals surface area contributed by atoms with Crippen LogP contribution >= 0.6 is 0 Å². The summed E-state index contributed by atoms with van der Waals surface area (Å²) in [5.41, 5.74) is 0.996. The standard InChI is InChI=1S/C22H25NO4/c1-16-8-10-19(11-9-16)27-17(2)20(24)23-14-12-22(13-15-23,21(25)26)18-6-4-3-5-7-18/h3-11,17H,12-15H2,1-2H3,(H,25,26). The van der Waals surface area contributed by atoms with E-state index in [1.807, 2.05) is 61.5 Å². The van der Waals surface area contributed by atoms with Crippen LogP contribution in [0.25, 0.3) is 0 Å². The third-order valence-electron chi connectivity index (χ3n) is 5.35. The molecule has 142 valence electrons. The van der Waals surface area contributed by atoms with E-state index in [2.05, 4.69) is 0 Å². The molecule has 1 aliphatic heterocycles. The Labute approximate surface area is 159 Å². The molecule has 1 heterocycles. The van der Waals surface area contributed by atoms with Gasteiger partial charge in [-0.05, 0) is 44.4 Å². The molecule has 27 heavy (non-hydrogen) atoms. The molecule has 0 saturated carbocycles. The van der Waals surface area contributed by atoms with E-state index in [0.29, 0.717) is 31.7 Å². The second-order valence-electron chi connectivity index (χ2n) is 7.15. The van der Waals surface area contributed by atoms with Gasteiger partial charge in [0.25, 0.3) is 5.91 Å². The average Bonchev–Trinajstić information content (AvgIpc) is 2.69. The lowest BCUT2D eigenvalue weighted by molar-refractivity contribution is -0.149. The van der Waals surface area contributed by atoms with E-state index in [1.165, 1.54) is 0 Å². The number of aryl methyl sites for hydroxylation is 1. The van der Waals surface area contributed by atoms with Crippen LogP contribution in [0.3, 0.4) is 0 Å². The summed E-state index contributed by atoms with van der Waals surface area (Å²) in [4.78, 5) is 26.5. The first-order valence-electron chi connectivity index (χ1n) is 9.23. The molecule has 0 bridgehead atoms. The first-order valence-corrected chi connectivity index (χ1v) is 9.23. The third kappa shape index (κ3) is 3.97. The molecule has 3 rings (SSSR count). The van der Waals surface area contributed by atoms with E-state index in [0.717, 1.165) is 11.1 Å². The van der Waals surface area contributed by atoms with Crippen molar-refractivity contribution in [2.45, 2.75) is 38.2 Å². The zero-order valence-electron chi connectivity index (χ0n) is 15.7. The summed E-state index contributed by atoms with van der Waals surface area (Å²) in [5, 5.41) is 9.87. The van der Waals surface area contributed by atoms with Gasteiger partial charge in [0.15, 0.2) is 6.10 Å². The number of benzene rings is 2. The highest BCUT2D eigenvalue weighted by atomic mass is 16.5. The fraction of sp³-hybridized carbons (Fsp3) is 0.364. The molecule has 1 saturated heterocycles. The number of rotatable bonds is 5. The zero-order chi connectivity index (χ0) is 19.4. The minimum atomic E-state index is -0.931. The molecule has 5 nitrogen and oxygen atoms in total. The SMILES string of the molecule is Cc1ccc(OC(C)C(=O)N2CCC(C(=O)O)(c3ccccc3)CC2)cc1. The number of hydrogen-bond acceptors (Lipinski definition) is 3. The molecule has 1 atom stereocenters. The Balaban J connectivity index is 1.66. The topological polar surface area (TPSA) is 66.8 Å². The lowest BCUT2D eigenvalue weighted by Crippen LogP contribution is -2.51. The van der Waals surface area contributed by atoms with Crippen molar-refractivity contribution in [2.24, 2.45) is 0 Å². The van der Waals surface area contributed by atoms with Crippen molar-refractivity contribution < 1.29 is 19.4 Å². The summed E-state index contributed by atoms with van der Waals surface area (Å²) >= 11 is 0. The predicted molar refractivity (Wildman–Crippen MR) is 103 cm³/mol. The summed E-state index contributed by atoms with van der Waals surface area (Å²) in [6.45, 7) is 4.54. The fourth-order valence-electron chi connectivity index (χ4n) is 3.62. The van der Waals surface area contributed by atoms with Crippen LogP contribution in [0.2, 0.25) is 0 Å². The van der Waals surface area contributed by atoms with Crippen LogP contribution < -0.4 is 4.74 Å².